The van der Waals surface area contributed by atoms with Gasteiger partial charge in [0.1, 0.15) is 0 Å². The number of aryl methyl sites for hydroxylation is 1. The Balaban J connectivity index is 1.86. The predicted octanol–water partition coefficient (Wildman–Crippen LogP) is 2.36. The molecule has 1 aliphatic carbocycles. The highest BCUT2D eigenvalue weighted by atomic mass is 16.3. The van der Waals surface area contributed by atoms with E-state index in [4.69, 9.17) is 0 Å². The molecule has 2 rings (SSSR count). The second-order valence-electron chi connectivity index (χ2n) is 5.69. The second kappa shape index (κ2) is 7.77. The molecule has 0 bridgehead atoms. The van der Waals surface area contributed by atoms with Gasteiger partial charge < -0.3 is 15.3 Å². The average Bonchev–Trinajstić information content (AvgIpc) is 2.50. The SMILES string of the molecule is CCN(CC)CC(O)CNC1CCCc2ccccc21. The number of nitrogens with zero attached hydrogens (tertiary/aromatic N) is 1. The van der Waals surface area contributed by atoms with Gasteiger partial charge in [-0.05, 0) is 43.5 Å². The monoisotopic (exact) mass is 276 g/mol. The van der Waals surface area contributed by atoms with Crippen molar-refractivity contribution in [1.82, 2.24) is 10.2 Å². The van der Waals surface area contributed by atoms with Gasteiger partial charge in [0.25, 0.3) is 0 Å². The summed E-state index contributed by atoms with van der Waals surface area (Å²) in [5.74, 6) is 0. The zero-order chi connectivity index (χ0) is 14.4. The molecule has 2 unspecified atom stereocenters. The van der Waals surface area contributed by atoms with Gasteiger partial charge in [0, 0.05) is 19.1 Å². The third-order valence-electron chi connectivity index (χ3n) is 4.33. The zero-order valence-electron chi connectivity index (χ0n) is 12.8. The molecule has 0 saturated heterocycles. The maximum absolute atomic E-state index is 10.2. The molecule has 0 fully saturated rings. The molecule has 1 aromatic rings. The molecule has 0 aromatic heterocycles. The van der Waals surface area contributed by atoms with E-state index in [9.17, 15) is 5.11 Å². The fraction of sp³-hybridized carbons (Fsp3) is 0.647. The normalized spacial score (nSPS) is 19.9. The van der Waals surface area contributed by atoms with Gasteiger partial charge in [0.2, 0.25) is 0 Å². The van der Waals surface area contributed by atoms with Crippen molar-refractivity contribution in [3.05, 3.63) is 35.4 Å². The molecule has 0 heterocycles. The average molecular weight is 276 g/mol. The Hall–Kier alpha value is -0.900. The highest BCUT2D eigenvalue weighted by molar-refractivity contribution is 5.32. The minimum Gasteiger partial charge on any atom is -0.390 e. The molecule has 3 nitrogen and oxygen atoms in total. The van der Waals surface area contributed by atoms with E-state index in [1.807, 2.05) is 0 Å². The number of hydrogen-bond acceptors (Lipinski definition) is 3. The van der Waals surface area contributed by atoms with Gasteiger partial charge in [-0.25, -0.2) is 0 Å². The molecular weight excluding hydrogens is 248 g/mol. The van der Waals surface area contributed by atoms with Crippen LogP contribution >= 0.6 is 0 Å². The third kappa shape index (κ3) is 4.05. The van der Waals surface area contributed by atoms with E-state index in [1.54, 1.807) is 0 Å². The summed E-state index contributed by atoms with van der Waals surface area (Å²) in [6.07, 6.45) is 3.32. The van der Waals surface area contributed by atoms with Crippen molar-refractivity contribution in [2.24, 2.45) is 0 Å². The lowest BCUT2D eigenvalue weighted by Crippen LogP contribution is -2.39. The summed E-state index contributed by atoms with van der Waals surface area (Å²) in [4.78, 5) is 2.27. The molecule has 0 amide bonds. The Bertz CT molecular complexity index is 404. The Morgan fingerprint density at radius 1 is 1.30 bits per heavy atom. The first kappa shape index (κ1) is 15.5. The van der Waals surface area contributed by atoms with Gasteiger partial charge in [-0.15, -0.1) is 0 Å². The summed E-state index contributed by atoms with van der Waals surface area (Å²) in [5, 5.41) is 13.7. The van der Waals surface area contributed by atoms with E-state index in [0.29, 0.717) is 12.6 Å². The summed E-state index contributed by atoms with van der Waals surface area (Å²) in [6, 6.07) is 9.10. The zero-order valence-corrected chi connectivity index (χ0v) is 12.8. The molecule has 2 N–H and O–H groups in total. The number of likely N-dealkylation sites (N-methyl/N-ethyl adjacent to an activating group) is 1. The van der Waals surface area contributed by atoms with Gasteiger partial charge in [-0.2, -0.15) is 0 Å². The topological polar surface area (TPSA) is 35.5 Å². The molecular formula is C17H28N2O. The Morgan fingerprint density at radius 3 is 2.80 bits per heavy atom. The maximum Gasteiger partial charge on any atom is 0.0791 e. The smallest absolute Gasteiger partial charge is 0.0791 e. The van der Waals surface area contributed by atoms with Crippen LogP contribution in [0.25, 0.3) is 0 Å². The van der Waals surface area contributed by atoms with Gasteiger partial charge >= 0.3 is 0 Å². The van der Waals surface area contributed by atoms with Crippen LogP contribution in [0, 0.1) is 0 Å². The Labute approximate surface area is 123 Å². The van der Waals surface area contributed by atoms with E-state index < -0.39 is 0 Å². The number of rotatable bonds is 7. The first-order valence-electron chi connectivity index (χ1n) is 7.96. The third-order valence-corrected chi connectivity index (χ3v) is 4.33. The molecule has 1 aromatic carbocycles. The van der Waals surface area contributed by atoms with Crippen LogP contribution in [0.2, 0.25) is 0 Å². The van der Waals surface area contributed by atoms with E-state index in [2.05, 4.69) is 48.3 Å². The summed E-state index contributed by atoms with van der Waals surface area (Å²) >= 11 is 0. The molecule has 1 aliphatic rings. The Morgan fingerprint density at radius 2 is 2.05 bits per heavy atom. The maximum atomic E-state index is 10.2. The highest BCUT2D eigenvalue weighted by Crippen LogP contribution is 2.29. The van der Waals surface area contributed by atoms with Crippen molar-refractivity contribution in [2.75, 3.05) is 26.2 Å². The van der Waals surface area contributed by atoms with Gasteiger partial charge in [-0.3, -0.25) is 0 Å². The first-order valence-corrected chi connectivity index (χ1v) is 7.96. The summed E-state index contributed by atoms with van der Waals surface area (Å²) in [6.45, 7) is 7.71. The largest absolute Gasteiger partial charge is 0.390 e. The van der Waals surface area contributed by atoms with E-state index in [0.717, 1.165) is 19.6 Å². The predicted molar refractivity (Wildman–Crippen MR) is 83.9 cm³/mol. The quantitative estimate of drug-likeness (QED) is 0.802. The summed E-state index contributed by atoms with van der Waals surface area (Å²) in [5.41, 5.74) is 2.89. The van der Waals surface area contributed by atoms with Crippen LogP contribution in [0.1, 0.15) is 43.9 Å². The molecule has 0 spiro atoms. The summed E-state index contributed by atoms with van der Waals surface area (Å²) in [7, 11) is 0. The lowest BCUT2D eigenvalue weighted by Gasteiger charge is -2.28. The number of aliphatic hydroxyl groups is 1. The minimum atomic E-state index is -0.288. The molecule has 2 atom stereocenters. The number of hydrogen-bond donors (Lipinski definition) is 2. The van der Waals surface area contributed by atoms with Crippen LogP contribution in [-0.4, -0.2) is 42.3 Å². The lowest BCUT2D eigenvalue weighted by atomic mass is 9.88. The lowest BCUT2D eigenvalue weighted by molar-refractivity contribution is 0.113. The van der Waals surface area contributed by atoms with Gasteiger partial charge in [0.05, 0.1) is 6.10 Å². The fourth-order valence-corrected chi connectivity index (χ4v) is 3.09. The number of benzene rings is 1. The second-order valence-corrected chi connectivity index (χ2v) is 5.69. The van der Waals surface area contributed by atoms with E-state index in [-0.39, 0.29) is 6.10 Å². The standard InChI is InChI=1S/C17H28N2O/c1-3-19(4-2)13-15(20)12-18-17-11-7-9-14-8-5-6-10-16(14)17/h5-6,8,10,15,17-18,20H,3-4,7,9,11-13H2,1-2H3. The molecule has 0 aliphatic heterocycles. The van der Waals surface area contributed by atoms with Crippen molar-refractivity contribution in [1.29, 1.82) is 0 Å². The van der Waals surface area contributed by atoms with Crippen molar-refractivity contribution in [3.63, 3.8) is 0 Å². The van der Waals surface area contributed by atoms with Gasteiger partial charge in [-0.1, -0.05) is 38.1 Å². The molecule has 112 valence electrons. The van der Waals surface area contributed by atoms with Crippen molar-refractivity contribution in [2.45, 2.75) is 45.3 Å². The van der Waals surface area contributed by atoms with Crippen LogP contribution in [0.15, 0.2) is 24.3 Å². The molecule has 0 radical (unpaired) electrons. The molecule has 0 saturated carbocycles. The van der Waals surface area contributed by atoms with E-state index in [1.165, 1.54) is 30.4 Å². The van der Waals surface area contributed by atoms with E-state index >= 15 is 0 Å². The van der Waals surface area contributed by atoms with Crippen molar-refractivity contribution < 1.29 is 5.11 Å². The summed E-state index contributed by atoms with van der Waals surface area (Å²) < 4.78 is 0. The van der Waals surface area contributed by atoms with Gasteiger partial charge in [0.15, 0.2) is 0 Å². The number of fused-ring (bicyclic) bond motifs is 1. The van der Waals surface area contributed by atoms with Crippen LogP contribution in [0.5, 0.6) is 0 Å². The highest BCUT2D eigenvalue weighted by Gasteiger charge is 2.20. The Kier molecular flexibility index (Phi) is 6.02. The first-order chi connectivity index (χ1) is 9.74. The van der Waals surface area contributed by atoms with Crippen molar-refractivity contribution >= 4 is 0 Å². The number of aliphatic hydroxyl groups excluding tert-OH is 1. The molecule has 3 heteroatoms. The van der Waals surface area contributed by atoms with Crippen LogP contribution < -0.4 is 5.32 Å². The number of nitrogens with one attached hydrogen (secondary N) is 1. The van der Waals surface area contributed by atoms with Crippen LogP contribution in [0.3, 0.4) is 0 Å². The molecule has 20 heavy (non-hydrogen) atoms. The van der Waals surface area contributed by atoms with Crippen LogP contribution in [0.4, 0.5) is 0 Å². The van der Waals surface area contributed by atoms with Crippen molar-refractivity contribution in [3.8, 4) is 0 Å². The van der Waals surface area contributed by atoms with Crippen LogP contribution in [-0.2, 0) is 6.42 Å². The fourth-order valence-electron chi connectivity index (χ4n) is 3.09. The minimum absolute atomic E-state index is 0.288.